The van der Waals surface area contributed by atoms with E-state index in [0.717, 1.165) is 5.56 Å². The second-order valence-electron chi connectivity index (χ2n) is 3.55. The van der Waals surface area contributed by atoms with Crippen molar-refractivity contribution in [3.63, 3.8) is 0 Å². The third kappa shape index (κ3) is 2.91. The molecule has 4 heteroatoms. The van der Waals surface area contributed by atoms with Crippen LogP contribution < -0.4 is 4.74 Å². The predicted octanol–water partition coefficient (Wildman–Crippen LogP) is 3.44. The van der Waals surface area contributed by atoms with Gasteiger partial charge in [-0.25, -0.2) is 0 Å². The van der Waals surface area contributed by atoms with Gasteiger partial charge < -0.3 is 14.9 Å². The van der Waals surface area contributed by atoms with Crippen molar-refractivity contribution < 1.29 is 14.9 Å². The smallest absolute Gasteiger partial charge is 0.200 e. The van der Waals surface area contributed by atoms with Gasteiger partial charge in [-0.05, 0) is 17.7 Å². The van der Waals surface area contributed by atoms with Crippen LogP contribution in [-0.4, -0.2) is 10.2 Å². The summed E-state index contributed by atoms with van der Waals surface area (Å²) >= 11 is 3.22. The first-order valence-corrected chi connectivity index (χ1v) is 5.84. The summed E-state index contributed by atoms with van der Waals surface area (Å²) in [5.74, 6) is -0.202. The fourth-order valence-electron chi connectivity index (χ4n) is 1.41. The van der Waals surface area contributed by atoms with Crippen LogP contribution in [0.25, 0.3) is 0 Å². The molecule has 2 rings (SSSR count). The minimum Gasteiger partial charge on any atom is -0.504 e. The average Bonchev–Trinajstić information content (AvgIpc) is 2.33. The highest BCUT2D eigenvalue weighted by Crippen LogP contribution is 2.38. The molecule has 2 aromatic carbocycles. The monoisotopic (exact) mass is 294 g/mol. The van der Waals surface area contributed by atoms with E-state index >= 15 is 0 Å². The molecule has 0 fully saturated rings. The summed E-state index contributed by atoms with van der Waals surface area (Å²) in [6.07, 6.45) is 0. The highest BCUT2D eigenvalue weighted by atomic mass is 79.9. The Morgan fingerprint density at radius 1 is 1.06 bits per heavy atom. The summed E-state index contributed by atoms with van der Waals surface area (Å²) in [5, 5.41) is 19.0. The first-order chi connectivity index (χ1) is 8.16. The quantitative estimate of drug-likeness (QED) is 0.853. The molecule has 0 aliphatic carbocycles. The molecular weight excluding hydrogens is 284 g/mol. The van der Waals surface area contributed by atoms with Crippen molar-refractivity contribution in [3.8, 4) is 17.2 Å². The molecule has 0 aromatic heterocycles. The third-order valence-electron chi connectivity index (χ3n) is 2.26. The maximum absolute atomic E-state index is 9.60. The topological polar surface area (TPSA) is 49.7 Å². The van der Waals surface area contributed by atoms with Gasteiger partial charge in [0.2, 0.25) is 5.75 Å². The average molecular weight is 295 g/mol. The largest absolute Gasteiger partial charge is 0.504 e. The normalized spacial score (nSPS) is 10.2. The summed E-state index contributed by atoms with van der Waals surface area (Å²) in [6.45, 7) is 0.338. The molecule has 88 valence electrons. The van der Waals surface area contributed by atoms with Crippen LogP contribution in [0.4, 0.5) is 0 Å². The molecular formula is C13H11BrO3. The Hall–Kier alpha value is -1.68. The first-order valence-electron chi connectivity index (χ1n) is 5.05. The van der Waals surface area contributed by atoms with Crippen LogP contribution in [0.3, 0.4) is 0 Å². The predicted molar refractivity (Wildman–Crippen MR) is 68.2 cm³/mol. The molecule has 0 spiro atoms. The highest BCUT2D eigenvalue weighted by molar-refractivity contribution is 9.10. The minimum atomic E-state index is -0.246. The van der Waals surface area contributed by atoms with Crippen LogP contribution in [0.1, 0.15) is 5.56 Å². The van der Waals surface area contributed by atoms with Gasteiger partial charge in [0.05, 0.1) is 0 Å². The molecule has 0 bridgehead atoms. The number of aromatic hydroxyl groups is 2. The molecule has 0 amide bonds. The second kappa shape index (κ2) is 5.10. The molecule has 0 saturated heterocycles. The number of hydrogen-bond donors (Lipinski definition) is 2. The van der Waals surface area contributed by atoms with Crippen molar-refractivity contribution in [1.29, 1.82) is 0 Å². The molecule has 0 aliphatic heterocycles. The summed E-state index contributed by atoms with van der Waals surface area (Å²) in [7, 11) is 0. The van der Waals surface area contributed by atoms with E-state index in [1.807, 2.05) is 30.3 Å². The zero-order chi connectivity index (χ0) is 12.3. The molecule has 0 heterocycles. The fraction of sp³-hybridized carbons (Fsp3) is 0.0769. The standard InChI is InChI=1S/C13H11BrO3/c14-10-6-11(15)13(16)12(7-10)17-8-9-4-2-1-3-5-9/h1-7,15-16H,8H2. The molecule has 2 N–H and O–H groups in total. The summed E-state index contributed by atoms with van der Waals surface area (Å²) in [6, 6.07) is 12.6. The highest BCUT2D eigenvalue weighted by Gasteiger charge is 2.09. The molecule has 2 aromatic rings. The number of halogens is 1. The van der Waals surface area contributed by atoms with Crippen molar-refractivity contribution in [2.45, 2.75) is 6.61 Å². The van der Waals surface area contributed by atoms with E-state index in [-0.39, 0.29) is 17.2 Å². The number of hydrogen-bond acceptors (Lipinski definition) is 3. The van der Waals surface area contributed by atoms with Gasteiger partial charge in [-0.1, -0.05) is 46.3 Å². The van der Waals surface area contributed by atoms with Crippen molar-refractivity contribution in [3.05, 3.63) is 52.5 Å². The summed E-state index contributed by atoms with van der Waals surface area (Å²) < 4.78 is 6.09. The van der Waals surface area contributed by atoms with Gasteiger partial charge >= 0.3 is 0 Å². The second-order valence-corrected chi connectivity index (χ2v) is 4.46. The van der Waals surface area contributed by atoms with Crippen LogP contribution in [-0.2, 0) is 6.61 Å². The zero-order valence-electron chi connectivity index (χ0n) is 8.93. The molecule has 0 unspecified atom stereocenters. The van der Waals surface area contributed by atoms with E-state index in [0.29, 0.717) is 11.1 Å². The van der Waals surface area contributed by atoms with Gasteiger partial charge in [-0.2, -0.15) is 0 Å². The van der Waals surface area contributed by atoms with Crippen molar-refractivity contribution in [1.82, 2.24) is 0 Å². The van der Waals surface area contributed by atoms with Crippen molar-refractivity contribution in [2.24, 2.45) is 0 Å². The van der Waals surface area contributed by atoms with Crippen LogP contribution in [0.5, 0.6) is 17.2 Å². The Bertz CT molecular complexity index is 512. The zero-order valence-corrected chi connectivity index (χ0v) is 10.5. The summed E-state index contributed by atoms with van der Waals surface area (Å²) in [4.78, 5) is 0. The van der Waals surface area contributed by atoms with E-state index in [4.69, 9.17) is 4.74 Å². The van der Waals surface area contributed by atoms with Crippen LogP contribution in [0, 0.1) is 0 Å². The maximum atomic E-state index is 9.60. The van der Waals surface area contributed by atoms with Gasteiger partial charge in [0.25, 0.3) is 0 Å². The lowest BCUT2D eigenvalue weighted by Crippen LogP contribution is -1.95. The van der Waals surface area contributed by atoms with Gasteiger partial charge in [0.15, 0.2) is 11.5 Å². The van der Waals surface area contributed by atoms with Crippen LogP contribution in [0.2, 0.25) is 0 Å². The van der Waals surface area contributed by atoms with E-state index in [1.54, 1.807) is 6.07 Å². The van der Waals surface area contributed by atoms with Crippen molar-refractivity contribution >= 4 is 15.9 Å². The van der Waals surface area contributed by atoms with E-state index in [1.165, 1.54) is 6.07 Å². The fourth-order valence-corrected chi connectivity index (χ4v) is 1.83. The maximum Gasteiger partial charge on any atom is 0.200 e. The SMILES string of the molecule is Oc1cc(Br)cc(OCc2ccccc2)c1O. The van der Waals surface area contributed by atoms with Gasteiger partial charge in [0, 0.05) is 4.47 Å². The lowest BCUT2D eigenvalue weighted by Gasteiger charge is -2.09. The Kier molecular flexibility index (Phi) is 3.54. The van der Waals surface area contributed by atoms with Crippen LogP contribution >= 0.6 is 15.9 Å². The molecule has 3 nitrogen and oxygen atoms in total. The van der Waals surface area contributed by atoms with Gasteiger partial charge in [-0.15, -0.1) is 0 Å². The van der Waals surface area contributed by atoms with Crippen LogP contribution in [0.15, 0.2) is 46.9 Å². The Morgan fingerprint density at radius 3 is 2.47 bits per heavy atom. The number of phenols is 2. The molecule has 0 atom stereocenters. The minimum absolute atomic E-state index is 0.206. The van der Waals surface area contributed by atoms with Crippen molar-refractivity contribution in [2.75, 3.05) is 0 Å². The molecule has 0 saturated carbocycles. The van der Waals surface area contributed by atoms with Gasteiger partial charge in [0.1, 0.15) is 6.61 Å². The van der Waals surface area contributed by atoms with E-state index in [2.05, 4.69) is 15.9 Å². The third-order valence-corrected chi connectivity index (χ3v) is 2.71. The first kappa shape index (κ1) is 11.8. The van der Waals surface area contributed by atoms with Gasteiger partial charge in [-0.3, -0.25) is 0 Å². The summed E-state index contributed by atoms with van der Waals surface area (Å²) in [5.41, 5.74) is 0.992. The Labute approximate surface area is 107 Å². The Morgan fingerprint density at radius 2 is 1.76 bits per heavy atom. The number of ether oxygens (including phenoxy) is 1. The molecule has 0 radical (unpaired) electrons. The Balaban J connectivity index is 2.14. The number of benzene rings is 2. The lowest BCUT2D eigenvalue weighted by molar-refractivity contribution is 0.282. The number of phenolic OH excluding ortho intramolecular Hbond substituents is 2. The molecule has 0 aliphatic rings. The van der Waals surface area contributed by atoms with E-state index in [9.17, 15) is 10.2 Å². The lowest BCUT2D eigenvalue weighted by atomic mass is 10.2. The van der Waals surface area contributed by atoms with E-state index < -0.39 is 0 Å². The number of rotatable bonds is 3. The molecule has 17 heavy (non-hydrogen) atoms.